The minimum absolute atomic E-state index is 0.343. The highest BCUT2D eigenvalue weighted by atomic mass is 127. The quantitative estimate of drug-likeness (QED) is 0.473. The van der Waals surface area contributed by atoms with Crippen LogP contribution < -0.4 is 0 Å². The average Bonchev–Trinajstić information content (AvgIpc) is 2.20. The molecule has 0 fully saturated rings. The molecule has 0 bridgehead atoms. The van der Waals surface area contributed by atoms with Crippen molar-refractivity contribution in [3.05, 3.63) is 39.5 Å². The van der Waals surface area contributed by atoms with E-state index < -0.39 is 0 Å². The third-order valence-electron chi connectivity index (χ3n) is 1.62. The van der Waals surface area contributed by atoms with E-state index in [1.54, 1.807) is 7.11 Å². The Morgan fingerprint density at radius 3 is 2.86 bits per heavy atom. The maximum atomic E-state index is 5.13. The Bertz CT molecular complexity index is 297. The van der Waals surface area contributed by atoms with Crippen LogP contribution in [0.2, 0.25) is 0 Å². The minimum Gasteiger partial charge on any atom is -0.359 e. The Labute approximate surface area is 98.1 Å². The highest BCUT2D eigenvalue weighted by Crippen LogP contribution is 2.12. The van der Waals surface area contributed by atoms with Gasteiger partial charge in [0.05, 0.1) is 6.61 Å². The summed E-state index contributed by atoms with van der Waals surface area (Å²) in [6, 6.07) is 8.21. The molecule has 0 radical (unpaired) electrons. The van der Waals surface area contributed by atoms with Crippen LogP contribution in [0.25, 0.3) is 6.08 Å². The molecule has 3 heteroatoms. The fourth-order valence-corrected chi connectivity index (χ4v) is 1.55. The van der Waals surface area contributed by atoms with Crippen molar-refractivity contribution in [2.45, 2.75) is 0 Å². The van der Waals surface area contributed by atoms with E-state index in [0.29, 0.717) is 13.4 Å². The number of hydrogen-bond acceptors (Lipinski definition) is 2. The zero-order chi connectivity index (χ0) is 10.2. The van der Waals surface area contributed by atoms with Gasteiger partial charge in [-0.25, -0.2) is 0 Å². The van der Waals surface area contributed by atoms with Crippen LogP contribution >= 0.6 is 22.6 Å². The Hall–Kier alpha value is -0.390. The predicted octanol–water partition coefficient (Wildman–Crippen LogP) is 2.92. The average molecular weight is 304 g/mol. The largest absolute Gasteiger partial charge is 0.359 e. The summed E-state index contributed by atoms with van der Waals surface area (Å²) in [5.74, 6) is 0. The van der Waals surface area contributed by atoms with Crippen molar-refractivity contribution in [2.24, 2.45) is 0 Å². The van der Waals surface area contributed by atoms with Gasteiger partial charge in [-0.3, -0.25) is 0 Å². The van der Waals surface area contributed by atoms with Crippen LogP contribution in [0.3, 0.4) is 0 Å². The Morgan fingerprint density at radius 2 is 2.14 bits per heavy atom. The lowest BCUT2D eigenvalue weighted by atomic mass is 10.2. The second-order valence-electron chi connectivity index (χ2n) is 2.70. The van der Waals surface area contributed by atoms with Gasteiger partial charge in [-0.1, -0.05) is 30.4 Å². The van der Waals surface area contributed by atoms with Crippen LogP contribution in [0.15, 0.2) is 30.3 Å². The summed E-state index contributed by atoms with van der Waals surface area (Å²) in [4.78, 5) is 0. The van der Waals surface area contributed by atoms with Crippen LogP contribution in [0.1, 0.15) is 5.56 Å². The van der Waals surface area contributed by atoms with E-state index in [-0.39, 0.29) is 0 Å². The molecule has 0 N–H and O–H groups in total. The topological polar surface area (TPSA) is 18.5 Å². The molecular formula is C11H13IO2. The van der Waals surface area contributed by atoms with Crippen molar-refractivity contribution in [1.29, 1.82) is 0 Å². The second-order valence-corrected chi connectivity index (χ2v) is 3.86. The van der Waals surface area contributed by atoms with E-state index in [9.17, 15) is 0 Å². The number of ether oxygens (including phenoxy) is 2. The van der Waals surface area contributed by atoms with E-state index in [4.69, 9.17) is 9.47 Å². The number of halogens is 1. The van der Waals surface area contributed by atoms with E-state index >= 15 is 0 Å². The van der Waals surface area contributed by atoms with Crippen molar-refractivity contribution in [3.63, 3.8) is 0 Å². The SMILES string of the molecule is COCOC/C=C/c1ccccc1I. The van der Waals surface area contributed by atoms with Crippen LogP contribution in [0.4, 0.5) is 0 Å². The number of rotatable bonds is 5. The molecule has 1 rings (SSSR count). The molecule has 0 saturated heterocycles. The lowest BCUT2D eigenvalue weighted by molar-refractivity contribution is -0.0184. The van der Waals surface area contributed by atoms with Crippen molar-refractivity contribution < 1.29 is 9.47 Å². The van der Waals surface area contributed by atoms with E-state index in [1.165, 1.54) is 9.13 Å². The van der Waals surface area contributed by atoms with E-state index in [2.05, 4.69) is 40.8 Å². The first-order valence-electron chi connectivity index (χ1n) is 4.32. The first-order chi connectivity index (χ1) is 6.84. The molecule has 0 aromatic heterocycles. The Morgan fingerprint density at radius 1 is 1.36 bits per heavy atom. The zero-order valence-electron chi connectivity index (χ0n) is 8.07. The summed E-state index contributed by atoms with van der Waals surface area (Å²) in [6.07, 6.45) is 4.04. The molecule has 0 spiro atoms. The summed E-state index contributed by atoms with van der Waals surface area (Å²) >= 11 is 2.31. The molecule has 0 aliphatic carbocycles. The normalized spacial score (nSPS) is 11.0. The third kappa shape index (κ3) is 4.21. The highest BCUT2D eigenvalue weighted by molar-refractivity contribution is 14.1. The van der Waals surface area contributed by atoms with Crippen LogP contribution in [0.5, 0.6) is 0 Å². The molecule has 0 aliphatic rings. The molecule has 0 saturated carbocycles. The molecule has 0 amide bonds. The summed E-state index contributed by atoms with van der Waals surface area (Å²) in [5.41, 5.74) is 1.22. The van der Waals surface area contributed by atoms with Gasteiger partial charge < -0.3 is 9.47 Å². The summed E-state index contributed by atoms with van der Waals surface area (Å²) in [5, 5.41) is 0. The summed E-state index contributed by atoms with van der Waals surface area (Å²) in [6.45, 7) is 0.926. The van der Waals surface area contributed by atoms with Crippen LogP contribution in [0, 0.1) is 3.57 Å². The van der Waals surface area contributed by atoms with Gasteiger partial charge >= 0.3 is 0 Å². The van der Waals surface area contributed by atoms with Crippen molar-refractivity contribution in [1.82, 2.24) is 0 Å². The van der Waals surface area contributed by atoms with Crippen molar-refractivity contribution in [2.75, 3.05) is 20.5 Å². The molecule has 1 aromatic carbocycles. The van der Waals surface area contributed by atoms with Gasteiger partial charge in [0.2, 0.25) is 0 Å². The monoisotopic (exact) mass is 304 g/mol. The maximum absolute atomic E-state index is 5.13. The second kappa shape index (κ2) is 6.98. The smallest absolute Gasteiger partial charge is 0.146 e. The van der Waals surface area contributed by atoms with E-state index in [1.807, 2.05) is 18.2 Å². The molecule has 0 atom stereocenters. The molecule has 0 heterocycles. The molecule has 0 aliphatic heterocycles. The Balaban J connectivity index is 2.40. The van der Waals surface area contributed by atoms with E-state index in [0.717, 1.165) is 0 Å². The van der Waals surface area contributed by atoms with Gasteiger partial charge in [0.25, 0.3) is 0 Å². The first kappa shape index (κ1) is 11.7. The van der Waals surface area contributed by atoms with Crippen LogP contribution in [-0.2, 0) is 9.47 Å². The fourth-order valence-electron chi connectivity index (χ4n) is 0.985. The minimum atomic E-state index is 0.343. The highest BCUT2D eigenvalue weighted by Gasteiger charge is 1.91. The lowest BCUT2D eigenvalue weighted by Gasteiger charge is -1.98. The Kier molecular flexibility index (Phi) is 5.82. The number of benzene rings is 1. The lowest BCUT2D eigenvalue weighted by Crippen LogP contribution is -1.95. The first-order valence-corrected chi connectivity index (χ1v) is 5.40. The van der Waals surface area contributed by atoms with Gasteiger partial charge in [0.1, 0.15) is 6.79 Å². The van der Waals surface area contributed by atoms with Gasteiger partial charge in [0.15, 0.2) is 0 Å². The number of methoxy groups -OCH3 is 1. The van der Waals surface area contributed by atoms with Gasteiger partial charge in [-0.15, -0.1) is 0 Å². The van der Waals surface area contributed by atoms with Crippen molar-refractivity contribution >= 4 is 28.7 Å². The van der Waals surface area contributed by atoms with Gasteiger partial charge in [0, 0.05) is 10.7 Å². The molecule has 76 valence electrons. The summed E-state index contributed by atoms with van der Waals surface area (Å²) in [7, 11) is 1.61. The predicted molar refractivity (Wildman–Crippen MR) is 66.0 cm³/mol. The summed E-state index contributed by atoms with van der Waals surface area (Å²) < 4.78 is 11.1. The molecule has 14 heavy (non-hydrogen) atoms. The molecule has 0 unspecified atom stereocenters. The van der Waals surface area contributed by atoms with Gasteiger partial charge in [-0.2, -0.15) is 0 Å². The van der Waals surface area contributed by atoms with Crippen molar-refractivity contribution in [3.8, 4) is 0 Å². The molecular weight excluding hydrogens is 291 g/mol. The van der Waals surface area contributed by atoms with Gasteiger partial charge in [-0.05, 0) is 34.2 Å². The maximum Gasteiger partial charge on any atom is 0.146 e. The molecule has 2 nitrogen and oxygen atoms in total. The third-order valence-corrected chi connectivity index (χ3v) is 2.60. The van der Waals surface area contributed by atoms with Crippen LogP contribution in [-0.4, -0.2) is 20.5 Å². The fraction of sp³-hybridized carbons (Fsp3) is 0.273. The number of hydrogen-bond donors (Lipinski definition) is 0. The standard InChI is InChI=1S/C11H13IO2/c1-13-9-14-8-4-6-10-5-2-3-7-11(10)12/h2-7H,8-9H2,1H3/b6-4+. The molecule has 1 aromatic rings. The zero-order valence-corrected chi connectivity index (χ0v) is 10.2.